The van der Waals surface area contributed by atoms with Gasteiger partial charge in [-0.15, -0.1) is 0 Å². The van der Waals surface area contributed by atoms with Gasteiger partial charge in [0, 0.05) is 18.0 Å². The molecule has 0 saturated heterocycles. The van der Waals surface area contributed by atoms with Gasteiger partial charge in [-0.05, 0) is 70.1 Å². The summed E-state index contributed by atoms with van der Waals surface area (Å²) in [5, 5.41) is 11.9. The second kappa shape index (κ2) is 18.5. The van der Waals surface area contributed by atoms with Crippen LogP contribution in [0.15, 0.2) is 0 Å². The number of hydrogen-bond donors (Lipinski definition) is 0. The number of nitrogens with zero attached hydrogens (tertiary/aromatic N) is 1. The molecule has 0 bridgehead atoms. The van der Waals surface area contributed by atoms with Gasteiger partial charge in [-0.2, -0.15) is 0 Å². The minimum absolute atomic E-state index is 0.0425. The third-order valence-corrected chi connectivity index (χ3v) is 8.67. The highest BCUT2D eigenvalue weighted by Gasteiger charge is 2.42. The van der Waals surface area contributed by atoms with Crippen molar-refractivity contribution in [2.45, 2.75) is 174 Å². The number of hydrogen-bond acceptors (Lipinski definition) is 4. The van der Waals surface area contributed by atoms with Crippen molar-refractivity contribution in [3.05, 3.63) is 10.1 Å². The van der Waals surface area contributed by atoms with Crippen molar-refractivity contribution in [1.29, 1.82) is 0 Å². The van der Waals surface area contributed by atoms with Crippen LogP contribution in [0.2, 0.25) is 0 Å². The lowest BCUT2D eigenvalue weighted by atomic mass is 9.71. The number of unbranched alkanes of at least 4 members (excludes halogenated alkanes) is 10. The lowest BCUT2D eigenvalue weighted by Gasteiger charge is -2.39. The lowest BCUT2D eigenvalue weighted by molar-refractivity contribution is -0.542. The average molecular weight is 496 g/mol. The van der Waals surface area contributed by atoms with Crippen LogP contribution in [0.25, 0.3) is 0 Å². The molecule has 0 amide bonds. The molecule has 0 heterocycles. The van der Waals surface area contributed by atoms with Gasteiger partial charge in [0.15, 0.2) is 0 Å². The molecule has 2 fully saturated rings. The van der Waals surface area contributed by atoms with E-state index >= 15 is 0 Å². The molecule has 35 heavy (non-hydrogen) atoms. The fourth-order valence-electron chi connectivity index (χ4n) is 6.40. The van der Waals surface area contributed by atoms with Crippen LogP contribution in [0.5, 0.6) is 0 Å². The predicted molar refractivity (Wildman–Crippen MR) is 146 cm³/mol. The topological polar surface area (TPSA) is 61.6 Å². The standard InChI is InChI=1S/C30H57NO4/c1-4-6-8-10-11-12-13-15-23-34-28-20-17-26(18-21-28)27-19-22-30(29(24-27)31(32)33)35-25(3)16-14-9-7-5-2/h25-30H,4-24H2,1-3H3. The highest BCUT2D eigenvalue weighted by molar-refractivity contribution is 4.87. The maximum atomic E-state index is 11.9. The van der Waals surface area contributed by atoms with Crippen LogP contribution >= 0.6 is 0 Å². The minimum atomic E-state index is -0.525. The number of rotatable bonds is 19. The smallest absolute Gasteiger partial charge is 0.239 e. The molecule has 0 aliphatic heterocycles. The summed E-state index contributed by atoms with van der Waals surface area (Å²) in [5.74, 6) is 1.12. The minimum Gasteiger partial charge on any atom is -0.378 e. The van der Waals surface area contributed by atoms with Gasteiger partial charge in [-0.25, -0.2) is 0 Å². The highest BCUT2D eigenvalue weighted by Crippen LogP contribution is 2.40. The summed E-state index contributed by atoms with van der Waals surface area (Å²) in [5.41, 5.74) is 0. The Bertz CT molecular complexity index is 534. The molecule has 5 heteroatoms. The molecule has 0 N–H and O–H groups in total. The largest absolute Gasteiger partial charge is 0.378 e. The van der Waals surface area contributed by atoms with E-state index in [0.29, 0.717) is 24.4 Å². The first-order chi connectivity index (χ1) is 17.0. The molecular formula is C30H57NO4. The van der Waals surface area contributed by atoms with Gasteiger partial charge in [-0.1, -0.05) is 84.5 Å². The summed E-state index contributed by atoms with van der Waals surface area (Å²) in [6.45, 7) is 7.50. The molecule has 4 atom stereocenters. The lowest BCUT2D eigenvalue weighted by Crippen LogP contribution is -2.44. The molecule has 0 aromatic heterocycles. The fraction of sp³-hybridized carbons (Fsp3) is 1.00. The van der Waals surface area contributed by atoms with Gasteiger partial charge < -0.3 is 9.47 Å². The summed E-state index contributed by atoms with van der Waals surface area (Å²) < 4.78 is 12.4. The molecular weight excluding hydrogens is 438 g/mol. The van der Waals surface area contributed by atoms with E-state index in [2.05, 4.69) is 20.8 Å². The zero-order valence-corrected chi connectivity index (χ0v) is 23.4. The van der Waals surface area contributed by atoms with E-state index in [1.54, 1.807) is 0 Å². The van der Waals surface area contributed by atoms with E-state index in [9.17, 15) is 10.1 Å². The molecule has 0 aromatic rings. The number of nitro groups is 1. The van der Waals surface area contributed by atoms with Crippen LogP contribution in [0.4, 0.5) is 0 Å². The first-order valence-electron chi connectivity index (χ1n) is 15.5. The third-order valence-electron chi connectivity index (χ3n) is 8.67. The van der Waals surface area contributed by atoms with Gasteiger partial charge in [0.1, 0.15) is 6.10 Å². The molecule has 2 aliphatic rings. The molecule has 0 spiro atoms. The van der Waals surface area contributed by atoms with Crippen molar-refractivity contribution in [3.8, 4) is 0 Å². The van der Waals surface area contributed by atoms with Crippen LogP contribution in [0.1, 0.15) is 149 Å². The molecule has 0 aromatic carbocycles. The van der Waals surface area contributed by atoms with Crippen molar-refractivity contribution in [2.75, 3.05) is 6.61 Å². The fourth-order valence-corrected chi connectivity index (χ4v) is 6.40. The first-order valence-corrected chi connectivity index (χ1v) is 15.5. The molecule has 2 aliphatic carbocycles. The van der Waals surface area contributed by atoms with Gasteiger partial charge in [0.05, 0.1) is 12.2 Å². The SMILES string of the molecule is CCCCCCCCCCOC1CCC(C2CCC(OC(C)CCCCCC)C([N+](=O)[O-])C2)CC1. The second-order valence-electron chi connectivity index (χ2n) is 11.6. The Labute approximate surface area is 216 Å². The molecule has 2 saturated carbocycles. The van der Waals surface area contributed by atoms with E-state index < -0.39 is 6.04 Å². The van der Waals surface area contributed by atoms with E-state index in [0.717, 1.165) is 45.1 Å². The first kappa shape index (κ1) is 30.5. The number of ether oxygens (including phenoxy) is 2. The van der Waals surface area contributed by atoms with E-state index in [1.165, 1.54) is 83.5 Å². The summed E-state index contributed by atoms with van der Waals surface area (Å²) in [4.78, 5) is 11.8. The zero-order valence-electron chi connectivity index (χ0n) is 23.4. The Morgan fingerprint density at radius 2 is 1.34 bits per heavy atom. The van der Waals surface area contributed by atoms with Crippen molar-refractivity contribution >= 4 is 0 Å². The van der Waals surface area contributed by atoms with Gasteiger partial charge >= 0.3 is 0 Å². The predicted octanol–water partition coefficient (Wildman–Crippen LogP) is 8.89. The van der Waals surface area contributed by atoms with E-state index in [-0.39, 0.29) is 17.1 Å². The summed E-state index contributed by atoms with van der Waals surface area (Å²) >= 11 is 0. The molecule has 4 unspecified atom stereocenters. The molecule has 0 radical (unpaired) electrons. The average Bonchev–Trinajstić information content (AvgIpc) is 2.86. The monoisotopic (exact) mass is 495 g/mol. The Balaban J connectivity index is 1.61. The quantitative estimate of drug-likeness (QED) is 0.102. The van der Waals surface area contributed by atoms with E-state index in [4.69, 9.17) is 9.47 Å². The Hall–Kier alpha value is -0.680. The Morgan fingerprint density at radius 3 is 1.97 bits per heavy atom. The van der Waals surface area contributed by atoms with Crippen LogP contribution in [0.3, 0.4) is 0 Å². The Morgan fingerprint density at radius 1 is 0.771 bits per heavy atom. The third kappa shape index (κ3) is 12.4. The maximum Gasteiger partial charge on any atom is 0.239 e. The van der Waals surface area contributed by atoms with E-state index in [1.807, 2.05) is 0 Å². The van der Waals surface area contributed by atoms with Crippen LogP contribution in [0, 0.1) is 22.0 Å². The molecule has 206 valence electrons. The summed E-state index contributed by atoms with van der Waals surface area (Å²) in [7, 11) is 0. The molecule has 2 rings (SSSR count). The van der Waals surface area contributed by atoms with Gasteiger partial charge in [0.2, 0.25) is 6.04 Å². The van der Waals surface area contributed by atoms with Crippen molar-refractivity contribution in [1.82, 2.24) is 0 Å². The summed E-state index contributed by atoms with van der Waals surface area (Å²) in [6.07, 6.45) is 24.2. The van der Waals surface area contributed by atoms with Crippen molar-refractivity contribution in [3.63, 3.8) is 0 Å². The van der Waals surface area contributed by atoms with Gasteiger partial charge in [0.25, 0.3) is 0 Å². The maximum absolute atomic E-state index is 11.9. The zero-order chi connectivity index (χ0) is 25.3. The van der Waals surface area contributed by atoms with Gasteiger partial charge in [-0.3, -0.25) is 10.1 Å². The highest BCUT2D eigenvalue weighted by atomic mass is 16.6. The normalized spacial score (nSPS) is 28.1. The second-order valence-corrected chi connectivity index (χ2v) is 11.6. The van der Waals surface area contributed by atoms with Crippen LogP contribution in [-0.4, -0.2) is 35.9 Å². The van der Waals surface area contributed by atoms with Crippen LogP contribution < -0.4 is 0 Å². The van der Waals surface area contributed by atoms with Crippen LogP contribution in [-0.2, 0) is 9.47 Å². The van der Waals surface area contributed by atoms with Crippen molar-refractivity contribution < 1.29 is 14.4 Å². The summed E-state index contributed by atoms with van der Waals surface area (Å²) in [6, 6.07) is -0.525. The van der Waals surface area contributed by atoms with Crippen molar-refractivity contribution in [2.24, 2.45) is 11.8 Å². The molecule has 5 nitrogen and oxygen atoms in total. The Kier molecular flexibility index (Phi) is 16.2.